The number of nitrogens with zero attached hydrogens (tertiary/aromatic N) is 2. The van der Waals surface area contributed by atoms with E-state index in [2.05, 4.69) is 15.8 Å². The van der Waals surface area contributed by atoms with E-state index in [1.54, 1.807) is 6.92 Å². The smallest absolute Gasteiger partial charge is 0.244 e. The van der Waals surface area contributed by atoms with Crippen LogP contribution in [0.15, 0.2) is 59.7 Å². The third kappa shape index (κ3) is 6.39. The van der Waals surface area contributed by atoms with Crippen molar-refractivity contribution in [1.29, 1.82) is 0 Å². The Hall–Kier alpha value is -3.15. The quantitative estimate of drug-likeness (QED) is 0.594. The van der Waals surface area contributed by atoms with Gasteiger partial charge in [0.2, 0.25) is 11.8 Å². The number of hydrogen-bond donors (Lipinski definition) is 2. The SMILES string of the molecule is CC(CC(=O)Nc1ccc(N(C)C)cc1)=NNC(=O)Cc1ccccc1. The van der Waals surface area contributed by atoms with Crippen LogP contribution in [0, 0.1) is 0 Å². The molecule has 2 N–H and O–H groups in total. The van der Waals surface area contributed by atoms with Crippen molar-refractivity contribution in [3.8, 4) is 0 Å². The maximum Gasteiger partial charge on any atom is 0.244 e. The van der Waals surface area contributed by atoms with Crippen LogP contribution in [0.4, 0.5) is 11.4 Å². The van der Waals surface area contributed by atoms with E-state index in [1.165, 1.54) is 0 Å². The fraction of sp³-hybridized carbons (Fsp3) is 0.250. The number of amides is 2. The molecule has 0 atom stereocenters. The van der Waals surface area contributed by atoms with Crippen LogP contribution in [-0.2, 0) is 16.0 Å². The lowest BCUT2D eigenvalue weighted by Crippen LogP contribution is -2.22. The van der Waals surface area contributed by atoms with E-state index < -0.39 is 0 Å². The van der Waals surface area contributed by atoms with Gasteiger partial charge in [0.05, 0.1) is 12.8 Å². The minimum Gasteiger partial charge on any atom is -0.378 e. The molecule has 0 aliphatic carbocycles. The Bertz CT molecular complexity index is 768. The maximum atomic E-state index is 12.1. The van der Waals surface area contributed by atoms with Crippen LogP contribution in [0.1, 0.15) is 18.9 Å². The highest BCUT2D eigenvalue weighted by Crippen LogP contribution is 2.15. The predicted octanol–water partition coefficient (Wildman–Crippen LogP) is 2.82. The van der Waals surface area contributed by atoms with Crippen LogP contribution < -0.4 is 15.6 Å². The molecule has 0 saturated heterocycles. The second kappa shape index (κ2) is 9.36. The van der Waals surface area contributed by atoms with Gasteiger partial charge < -0.3 is 10.2 Å². The lowest BCUT2D eigenvalue weighted by molar-refractivity contribution is -0.120. The number of carbonyl (C=O) groups excluding carboxylic acids is 2. The molecule has 0 radical (unpaired) electrons. The molecule has 0 unspecified atom stereocenters. The molecular formula is C20H24N4O2. The molecule has 0 aliphatic heterocycles. The van der Waals surface area contributed by atoms with E-state index in [1.807, 2.05) is 73.6 Å². The Morgan fingerprint density at radius 3 is 2.23 bits per heavy atom. The van der Waals surface area contributed by atoms with Crippen LogP contribution in [0.5, 0.6) is 0 Å². The van der Waals surface area contributed by atoms with Crippen molar-refractivity contribution in [1.82, 2.24) is 5.43 Å². The monoisotopic (exact) mass is 352 g/mol. The summed E-state index contributed by atoms with van der Waals surface area (Å²) in [5.74, 6) is -0.392. The van der Waals surface area contributed by atoms with Gasteiger partial charge in [-0.1, -0.05) is 30.3 Å². The van der Waals surface area contributed by atoms with Gasteiger partial charge in [-0.2, -0.15) is 5.10 Å². The number of rotatable bonds is 7. The molecule has 0 spiro atoms. The molecule has 0 aliphatic rings. The van der Waals surface area contributed by atoms with Gasteiger partial charge in [0, 0.05) is 31.2 Å². The number of anilines is 2. The Kier molecular flexibility index (Phi) is 6.91. The molecule has 6 nitrogen and oxygen atoms in total. The van der Waals surface area contributed by atoms with Gasteiger partial charge >= 0.3 is 0 Å². The van der Waals surface area contributed by atoms with E-state index in [9.17, 15) is 9.59 Å². The molecule has 0 saturated carbocycles. The standard InChI is InChI=1S/C20H24N4O2/c1-15(22-23-20(26)14-16-7-5-4-6-8-16)13-19(25)21-17-9-11-18(12-10-17)24(2)3/h4-12H,13-14H2,1-3H3,(H,21,25)(H,23,26). The molecule has 2 rings (SSSR count). The summed E-state index contributed by atoms with van der Waals surface area (Å²) in [6, 6.07) is 17.0. The van der Waals surface area contributed by atoms with Crippen molar-refractivity contribution in [2.45, 2.75) is 19.8 Å². The molecule has 6 heteroatoms. The molecule has 136 valence electrons. The van der Waals surface area contributed by atoms with Gasteiger partial charge in [0.1, 0.15) is 0 Å². The average molecular weight is 352 g/mol. The Balaban J connectivity index is 1.80. The first kappa shape index (κ1) is 19.2. The van der Waals surface area contributed by atoms with Crippen molar-refractivity contribution < 1.29 is 9.59 Å². The van der Waals surface area contributed by atoms with Crippen LogP contribution in [-0.4, -0.2) is 31.6 Å². The first-order chi connectivity index (χ1) is 12.4. The lowest BCUT2D eigenvalue weighted by Gasteiger charge is -2.13. The Morgan fingerprint density at radius 2 is 1.62 bits per heavy atom. The molecule has 2 aromatic rings. The summed E-state index contributed by atoms with van der Waals surface area (Å²) in [6.45, 7) is 1.71. The van der Waals surface area contributed by atoms with Crippen molar-refractivity contribution in [3.63, 3.8) is 0 Å². The highest BCUT2D eigenvalue weighted by atomic mass is 16.2. The van der Waals surface area contributed by atoms with Crippen LogP contribution >= 0.6 is 0 Å². The predicted molar refractivity (Wildman–Crippen MR) is 105 cm³/mol. The van der Waals surface area contributed by atoms with E-state index in [0.29, 0.717) is 5.71 Å². The van der Waals surface area contributed by atoms with Gasteiger partial charge in [-0.25, -0.2) is 5.43 Å². The molecule has 0 aromatic heterocycles. The number of hydrogen-bond acceptors (Lipinski definition) is 4. The highest BCUT2D eigenvalue weighted by Gasteiger charge is 2.06. The number of carbonyl (C=O) groups is 2. The summed E-state index contributed by atoms with van der Waals surface area (Å²) in [4.78, 5) is 25.9. The molecule has 0 bridgehead atoms. The Morgan fingerprint density at radius 1 is 0.962 bits per heavy atom. The van der Waals surface area contributed by atoms with Crippen molar-refractivity contribution in [3.05, 3.63) is 60.2 Å². The summed E-state index contributed by atoms with van der Waals surface area (Å²) in [5, 5.41) is 6.80. The third-order valence-electron chi connectivity index (χ3n) is 3.66. The Labute approximate surface area is 153 Å². The maximum absolute atomic E-state index is 12.1. The molecule has 0 heterocycles. The molecular weight excluding hydrogens is 328 g/mol. The normalized spacial score (nSPS) is 11.0. The van der Waals surface area contributed by atoms with Crippen LogP contribution in [0.3, 0.4) is 0 Å². The summed E-state index contributed by atoms with van der Waals surface area (Å²) < 4.78 is 0. The van der Waals surface area contributed by atoms with Crippen molar-refractivity contribution in [2.75, 3.05) is 24.3 Å². The molecule has 2 aromatic carbocycles. The van der Waals surface area contributed by atoms with Gasteiger partial charge in [0.15, 0.2) is 0 Å². The summed E-state index contributed by atoms with van der Waals surface area (Å²) >= 11 is 0. The summed E-state index contributed by atoms with van der Waals surface area (Å²) in [5.41, 5.74) is 5.71. The van der Waals surface area contributed by atoms with Crippen molar-refractivity contribution >= 4 is 28.9 Å². The third-order valence-corrected chi connectivity index (χ3v) is 3.66. The zero-order valence-corrected chi connectivity index (χ0v) is 15.3. The van der Waals surface area contributed by atoms with Crippen molar-refractivity contribution in [2.24, 2.45) is 5.10 Å². The molecule has 0 fully saturated rings. The minimum absolute atomic E-state index is 0.112. The fourth-order valence-electron chi connectivity index (χ4n) is 2.30. The van der Waals surface area contributed by atoms with E-state index in [-0.39, 0.29) is 24.7 Å². The molecule has 2 amide bonds. The zero-order chi connectivity index (χ0) is 18.9. The molecule has 26 heavy (non-hydrogen) atoms. The van der Waals surface area contributed by atoms with Crippen LogP contribution in [0.2, 0.25) is 0 Å². The van der Waals surface area contributed by atoms with E-state index in [4.69, 9.17) is 0 Å². The summed E-state index contributed by atoms with van der Waals surface area (Å²) in [6.07, 6.45) is 0.364. The minimum atomic E-state index is -0.213. The van der Waals surface area contributed by atoms with E-state index in [0.717, 1.165) is 16.9 Å². The lowest BCUT2D eigenvalue weighted by atomic mass is 10.1. The second-order valence-electron chi connectivity index (χ2n) is 6.21. The number of hydrazone groups is 1. The van der Waals surface area contributed by atoms with Gasteiger partial charge in [0.25, 0.3) is 0 Å². The summed E-state index contributed by atoms with van der Waals surface area (Å²) in [7, 11) is 3.92. The van der Waals surface area contributed by atoms with Gasteiger partial charge in [-0.3, -0.25) is 9.59 Å². The first-order valence-corrected chi connectivity index (χ1v) is 8.37. The second-order valence-corrected chi connectivity index (χ2v) is 6.21. The number of nitrogens with one attached hydrogen (secondary N) is 2. The van der Waals surface area contributed by atoms with Crippen LogP contribution in [0.25, 0.3) is 0 Å². The number of benzene rings is 2. The highest BCUT2D eigenvalue weighted by molar-refractivity contribution is 6.05. The zero-order valence-electron chi connectivity index (χ0n) is 15.3. The van der Waals surface area contributed by atoms with E-state index >= 15 is 0 Å². The van der Waals surface area contributed by atoms with Gasteiger partial charge in [-0.05, 0) is 36.8 Å². The topological polar surface area (TPSA) is 73.8 Å². The largest absolute Gasteiger partial charge is 0.378 e. The fourth-order valence-corrected chi connectivity index (χ4v) is 2.30. The van der Waals surface area contributed by atoms with Gasteiger partial charge in [-0.15, -0.1) is 0 Å². The first-order valence-electron chi connectivity index (χ1n) is 8.37. The average Bonchev–Trinajstić information content (AvgIpc) is 2.61.